The quantitative estimate of drug-likeness (QED) is 0.619. The van der Waals surface area contributed by atoms with Crippen LogP contribution in [0.1, 0.15) is 9.67 Å². The number of aromatic nitrogens is 2. The Morgan fingerprint density at radius 1 is 1.39 bits per heavy atom. The van der Waals surface area contributed by atoms with E-state index < -0.39 is 0 Å². The van der Waals surface area contributed by atoms with Crippen LogP contribution in [-0.4, -0.2) is 28.6 Å². The third-order valence-corrected chi connectivity index (χ3v) is 2.78. The highest BCUT2D eigenvalue weighted by Crippen LogP contribution is 2.12. The number of hydrogen-bond donors (Lipinski definition) is 2. The van der Waals surface area contributed by atoms with E-state index in [2.05, 4.69) is 14.9 Å². The van der Waals surface area contributed by atoms with E-state index in [1.165, 1.54) is 6.20 Å². The van der Waals surface area contributed by atoms with Crippen LogP contribution in [0.15, 0.2) is 30.5 Å². The molecular formula is C11H12N4O2S. The Labute approximate surface area is 108 Å². The van der Waals surface area contributed by atoms with Crippen molar-refractivity contribution in [2.24, 2.45) is 0 Å². The summed E-state index contributed by atoms with van der Waals surface area (Å²) in [7, 11) is 0. The van der Waals surface area contributed by atoms with Crippen LogP contribution in [0.25, 0.3) is 0 Å². The number of hydrogen-bond acceptors (Lipinski definition) is 6. The van der Waals surface area contributed by atoms with Gasteiger partial charge in [-0.2, -0.15) is 0 Å². The highest BCUT2D eigenvalue weighted by Gasteiger charge is 2.06. The first-order valence-corrected chi connectivity index (χ1v) is 6.07. The van der Waals surface area contributed by atoms with Crippen LogP contribution in [0.4, 0.5) is 5.69 Å². The van der Waals surface area contributed by atoms with Gasteiger partial charge in [0.1, 0.15) is 17.2 Å². The first-order chi connectivity index (χ1) is 8.75. The van der Waals surface area contributed by atoms with Crippen LogP contribution in [0.3, 0.4) is 0 Å². The summed E-state index contributed by atoms with van der Waals surface area (Å²) in [6, 6.07) is 7.09. The zero-order valence-electron chi connectivity index (χ0n) is 9.50. The maximum absolute atomic E-state index is 11.5. The largest absolute Gasteiger partial charge is 0.492 e. The predicted molar refractivity (Wildman–Crippen MR) is 68.6 cm³/mol. The van der Waals surface area contributed by atoms with Crippen molar-refractivity contribution in [1.82, 2.24) is 14.9 Å². The third-order valence-electron chi connectivity index (χ3n) is 2.12. The van der Waals surface area contributed by atoms with Gasteiger partial charge in [-0.1, -0.05) is 4.49 Å². The Morgan fingerprint density at radius 2 is 2.17 bits per heavy atom. The van der Waals surface area contributed by atoms with Crippen LogP contribution < -0.4 is 15.8 Å². The molecule has 7 heteroatoms. The van der Waals surface area contributed by atoms with Crippen molar-refractivity contribution in [3.63, 3.8) is 0 Å². The maximum atomic E-state index is 11.5. The number of nitrogens with zero attached hydrogens (tertiary/aromatic N) is 2. The highest BCUT2D eigenvalue weighted by molar-refractivity contribution is 7.07. The molecule has 0 aliphatic carbocycles. The predicted octanol–water partition coefficient (Wildman–Crippen LogP) is 0.929. The zero-order chi connectivity index (χ0) is 12.8. The van der Waals surface area contributed by atoms with Crippen LogP contribution in [0.5, 0.6) is 5.75 Å². The molecule has 1 amide bonds. The zero-order valence-corrected chi connectivity index (χ0v) is 10.3. The summed E-state index contributed by atoms with van der Waals surface area (Å²) < 4.78 is 9.05. The first kappa shape index (κ1) is 12.3. The summed E-state index contributed by atoms with van der Waals surface area (Å²) in [6.07, 6.45) is 1.43. The topological polar surface area (TPSA) is 90.1 Å². The molecule has 0 radical (unpaired) electrons. The number of rotatable bonds is 5. The summed E-state index contributed by atoms with van der Waals surface area (Å²) in [4.78, 5) is 12.0. The number of ether oxygens (including phenoxy) is 1. The number of nitrogens with one attached hydrogen (secondary N) is 1. The fraction of sp³-hybridized carbons (Fsp3) is 0.182. The second-order valence-electron chi connectivity index (χ2n) is 3.46. The number of amides is 1. The van der Waals surface area contributed by atoms with Crippen molar-refractivity contribution in [3.8, 4) is 5.75 Å². The van der Waals surface area contributed by atoms with Gasteiger partial charge in [0.2, 0.25) is 0 Å². The average molecular weight is 264 g/mol. The Morgan fingerprint density at radius 3 is 2.83 bits per heavy atom. The Bertz CT molecular complexity index is 498. The number of anilines is 1. The average Bonchev–Trinajstić information content (AvgIpc) is 2.90. The molecule has 3 N–H and O–H groups in total. The molecule has 0 spiro atoms. The molecule has 0 fully saturated rings. The molecule has 0 bridgehead atoms. The van der Waals surface area contributed by atoms with Gasteiger partial charge in [0.15, 0.2) is 0 Å². The molecular weight excluding hydrogens is 252 g/mol. The van der Waals surface area contributed by atoms with Crippen molar-refractivity contribution >= 4 is 23.1 Å². The number of carbonyl (C=O) groups excluding carboxylic acids is 1. The van der Waals surface area contributed by atoms with E-state index in [4.69, 9.17) is 10.5 Å². The normalized spacial score (nSPS) is 10.0. The molecule has 0 aliphatic heterocycles. The maximum Gasteiger partial charge on any atom is 0.264 e. The summed E-state index contributed by atoms with van der Waals surface area (Å²) in [5, 5.41) is 6.30. The van der Waals surface area contributed by atoms with E-state index >= 15 is 0 Å². The lowest BCUT2D eigenvalue weighted by atomic mass is 10.3. The molecule has 2 aromatic rings. The number of nitrogen functional groups attached to an aromatic ring is 1. The minimum atomic E-state index is -0.189. The van der Waals surface area contributed by atoms with Gasteiger partial charge < -0.3 is 15.8 Å². The van der Waals surface area contributed by atoms with Gasteiger partial charge in [0.25, 0.3) is 5.91 Å². The lowest BCUT2D eigenvalue weighted by Crippen LogP contribution is -2.27. The Hall–Kier alpha value is -2.15. The third kappa shape index (κ3) is 3.42. The summed E-state index contributed by atoms with van der Waals surface area (Å²) in [5.74, 6) is 0.531. The first-order valence-electron chi connectivity index (χ1n) is 5.29. The van der Waals surface area contributed by atoms with Crippen molar-refractivity contribution in [2.75, 3.05) is 18.9 Å². The highest BCUT2D eigenvalue weighted by atomic mass is 32.1. The monoisotopic (exact) mass is 264 g/mol. The van der Waals surface area contributed by atoms with Gasteiger partial charge in [-0.3, -0.25) is 4.79 Å². The number of nitrogens with two attached hydrogens (primary N) is 1. The number of benzene rings is 1. The van der Waals surface area contributed by atoms with E-state index in [1.807, 2.05) is 0 Å². The molecule has 0 atom stereocenters. The standard InChI is InChI=1S/C11H12N4O2S/c12-8-1-3-9(4-2-8)17-6-5-13-11(16)10-7-14-15-18-10/h1-4,7H,5-6,12H2,(H,13,16). The second kappa shape index (κ2) is 5.97. The lowest BCUT2D eigenvalue weighted by molar-refractivity contribution is 0.0951. The Kier molecular flexibility index (Phi) is 4.08. The van der Waals surface area contributed by atoms with Gasteiger partial charge in [-0.05, 0) is 35.8 Å². The molecule has 18 heavy (non-hydrogen) atoms. The summed E-state index contributed by atoms with van der Waals surface area (Å²) in [6.45, 7) is 0.809. The minimum absolute atomic E-state index is 0.189. The molecule has 6 nitrogen and oxygen atoms in total. The molecule has 0 saturated heterocycles. The smallest absolute Gasteiger partial charge is 0.264 e. The lowest BCUT2D eigenvalue weighted by Gasteiger charge is -2.06. The van der Waals surface area contributed by atoms with E-state index in [0.717, 1.165) is 17.3 Å². The van der Waals surface area contributed by atoms with Gasteiger partial charge >= 0.3 is 0 Å². The van der Waals surface area contributed by atoms with Crippen molar-refractivity contribution in [1.29, 1.82) is 0 Å². The van der Waals surface area contributed by atoms with Gasteiger partial charge in [-0.25, -0.2) is 0 Å². The second-order valence-corrected chi connectivity index (χ2v) is 4.24. The summed E-state index contributed by atoms with van der Waals surface area (Å²) >= 11 is 1.06. The molecule has 0 unspecified atom stereocenters. The molecule has 1 heterocycles. The van der Waals surface area contributed by atoms with E-state index in [0.29, 0.717) is 23.7 Å². The molecule has 1 aromatic carbocycles. The Balaban J connectivity index is 1.70. The fourth-order valence-electron chi connectivity index (χ4n) is 1.25. The van der Waals surface area contributed by atoms with Crippen LogP contribution in [0.2, 0.25) is 0 Å². The van der Waals surface area contributed by atoms with Crippen molar-refractivity contribution < 1.29 is 9.53 Å². The molecule has 0 saturated carbocycles. The molecule has 94 valence electrons. The van der Waals surface area contributed by atoms with Crippen molar-refractivity contribution in [3.05, 3.63) is 35.3 Å². The molecule has 0 aliphatic rings. The van der Waals surface area contributed by atoms with Crippen LogP contribution in [0, 0.1) is 0 Å². The minimum Gasteiger partial charge on any atom is -0.492 e. The van der Waals surface area contributed by atoms with Gasteiger partial charge in [-0.15, -0.1) is 5.10 Å². The summed E-state index contributed by atoms with van der Waals surface area (Å²) in [5.41, 5.74) is 6.24. The van der Waals surface area contributed by atoms with Crippen LogP contribution >= 0.6 is 11.5 Å². The van der Waals surface area contributed by atoms with E-state index in [-0.39, 0.29) is 5.91 Å². The SMILES string of the molecule is Nc1ccc(OCCNC(=O)c2cnns2)cc1. The van der Waals surface area contributed by atoms with E-state index in [1.54, 1.807) is 24.3 Å². The van der Waals surface area contributed by atoms with Crippen molar-refractivity contribution in [2.45, 2.75) is 0 Å². The fourth-order valence-corrected chi connectivity index (χ4v) is 1.68. The molecule has 1 aromatic heterocycles. The van der Waals surface area contributed by atoms with E-state index in [9.17, 15) is 4.79 Å². The van der Waals surface area contributed by atoms with Gasteiger partial charge in [0, 0.05) is 5.69 Å². The number of carbonyl (C=O) groups is 1. The van der Waals surface area contributed by atoms with Gasteiger partial charge in [0.05, 0.1) is 12.7 Å². The molecule has 2 rings (SSSR count). The van der Waals surface area contributed by atoms with Crippen LogP contribution in [-0.2, 0) is 0 Å².